The quantitative estimate of drug-likeness (QED) is 0.680. The first-order valence-electron chi connectivity index (χ1n) is 8.98. The molecule has 2 aliphatic rings. The molecule has 2 atom stereocenters. The third-order valence-electron chi connectivity index (χ3n) is 5.10. The van der Waals surface area contributed by atoms with Gasteiger partial charge in [0.15, 0.2) is 11.4 Å². The van der Waals surface area contributed by atoms with Crippen molar-refractivity contribution < 1.29 is 23.8 Å². The van der Waals surface area contributed by atoms with E-state index in [2.05, 4.69) is 16.9 Å². The van der Waals surface area contributed by atoms with E-state index in [1.807, 2.05) is 0 Å². The van der Waals surface area contributed by atoms with Crippen molar-refractivity contribution in [1.29, 1.82) is 0 Å². The molecule has 1 saturated heterocycles. The Balaban J connectivity index is 1.79. The summed E-state index contributed by atoms with van der Waals surface area (Å²) in [6, 6.07) is 6.13. The van der Waals surface area contributed by atoms with E-state index in [0.29, 0.717) is 23.5 Å². The Morgan fingerprint density at radius 1 is 1.41 bits per heavy atom. The molecular formula is C20H19FN4O4. The predicted octanol–water partition coefficient (Wildman–Crippen LogP) is 0.493. The van der Waals surface area contributed by atoms with Crippen molar-refractivity contribution in [2.75, 3.05) is 20.2 Å². The average Bonchev–Trinajstić information content (AvgIpc) is 3.21. The normalized spacial score (nSPS) is 25.4. The highest BCUT2D eigenvalue weighted by Gasteiger charge is 2.42. The third kappa shape index (κ3) is 3.11. The largest absolute Gasteiger partial charge is 0.488 e. The van der Waals surface area contributed by atoms with Crippen LogP contribution in [0.5, 0.6) is 5.75 Å². The van der Waals surface area contributed by atoms with Crippen molar-refractivity contribution in [3.8, 4) is 23.3 Å². The lowest BCUT2D eigenvalue weighted by atomic mass is 10.0. The van der Waals surface area contributed by atoms with Crippen LogP contribution in [-0.2, 0) is 10.5 Å². The number of nitrogens with zero attached hydrogens (tertiary/aromatic N) is 3. The van der Waals surface area contributed by atoms with Crippen LogP contribution in [-0.4, -0.2) is 57.4 Å². The van der Waals surface area contributed by atoms with Gasteiger partial charge in [-0.05, 0) is 31.2 Å². The van der Waals surface area contributed by atoms with Gasteiger partial charge in [0.1, 0.15) is 18.0 Å². The van der Waals surface area contributed by atoms with E-state index in [4.69, 9.17) is 10.5 Å². The van der Waals surface area contributed by atoms with Crippen LogP contribution < -0.4 is 10.5 Å². The van der Waals surface area contributed by atoms with Crippen LogP contribution in [0.4, 0.5) is 4.39 Å². The minimum atomic E-state index is -1.90. The molecule has 3 heterocycles. The smallest absolute Gasteiger partial charge is 0.269 e. The third-order valence-corrected chi connectivity index (χ3v) is 5.10. The van der Waals surface area contributed by atoms with Crippen molar-refractivity contribution in [2.45, 2.75) is 24.6 Å². The number of aromatic nitrogens is 2. The Morgan fingerprint density at radius 2 is 2.17 bits per heavy atom. The van der Waals surface area contributed by atoms with Gasteiger partial charge in [-0.15, -0.1) is 0 Å². The van der Waals surface area contributed by atoms with E-state index < -0.39 is 23.1 Å². The average molecular weight is 398 g/mol. The number of rotatable bonds is 1. The molecule has 0 aliphatic carbocycles. The number of halogens is 1. The van der Waals surface area contributed by atoms with Gasteiger partial charge in [-0.25, -0.2) is 9.07 Å². The van der Waals surface area contributed by atoms with Gasteiger partial charge < -0.3 is 20.5 Å². The monoisotopic (exact) mass is 398 g/mol. The minimum absolute atomic E-state index is 0.0675. The fraction of sp³-hybridized carbons (Fsp3) is 0.350. The fourth-order valence-electron chi connectivity index (χ4n) is 3.37. The van der Waals surface area contributed by atoms with E-state index in [1.54, 1.807) is 25.2 Å². The van der Waals surface area contributed by atoms with Crippen LogP contribution in [0.2, 0.25) is 0 Å². The standard InChI is InChI=1S/C20H19FN4O4/c1-19(21)11-29-15-4-3-12(5-6-20(28)7-8-24(2)18(20)27)9-14(15)25-16(19)10-13(23-25)17(22)26/h3-4,9-10,28H,7-8,11H2,1-2H3,(H2,22,26)/t19?,20-/m0/s1. The number of aliphatic hydroxyl groups is 1. The summed E-state index contributed by atoms with van der Waals surface area (Å²) in [7, 11) is 1.60. The van der Waals surface area contributed by atoms with Gasteiger partial charge in [-0.1, -0.05) is 11.8 Å². The lowest BCUT2D eigenvalue weighted by molar-refractivity contribution is -0.137. The highest BCUT2D eigenvalue weighted by atomic mass is 19.1. The van der Waals surface area contributed by atoms with E-state index in [1.165, 1.54) is 22.6 Å². The maximum atomic E-state index is 15.1. The molecular weight excluding hydrogens is 379 g/mol. The number of alkyl halides is 1. The van der Waals surface area contributed by atoms with Crippen LogP contribution in [0.3, 0.4) is 0 Å². The Hall–Kier alpha value is -3.38. The number of hydrogen-bond acceptors (Lipinski definition) is 5. The van der Waals surface area contributed by atoms with Gasteiger partial charge in [0, 0.05) is 25.6 Å². The van der Waals surface area contributed by atoms with Crippen LogP contribution in [0.25, 0.3) is 5.69 Å². The fourth-order valence-corrected chi connectivity index (χ4v) is 3.37. The molecule has 2 amide bonds. The molecule has 0 radical (unpaired) electrons. The van der Waals surface area contributed by atoms with Crippen LogP contribution in [0.1, 0.15) is 35.1 Å². The first-order chi connectivity index (χ1) is 13.6. The van der Waals surface area contributed by atoms with Crippen molar-refractivity contribution in [2.24, 2.45) is 5.73 Å². The molecule has 4 rings (SSSR count). The minimum Gasteiger partial charge on any atom is -0.488 e. The number of nitrogens with two attached hydrogens (primary N) is 1. The van der Waals surface area contributed by atoms with Crippen LogP contribution in [0, 0.1) is 11.8 Å². The Labute approximate surface area is 166 Å². The second-order valence-electron chi connectivity index (χ2n) is 7.45. The van der Waals surface area contributed by atoms with E-state index in [0.717, 1.165) is 0 Å². The summed E-state index contributed by atoms with van der Waals surface area (Å²) < 4.78 is 22.0. The van der Waals surface area contributed by atoms with E-state index in [9.17, 15) is 14.7 Å². The molecule has 0 bridgehead atoms. The van der Waals surface area contributed by atoms with Gasteiger partial charge >= 0.3 is 0 Å². The van der Waals surface area contributed by atoms with Gasteiger partial charge in [0.05, 0.1) is 5.69 Å². The van der Waals surface area contributed by atoms with E-state index >= 15 is 4.39 Å². The summed E-state index contributed by atoms with van der Waals surface area (Å²) in [5.41, 5.74) is 2.57. The lowest BCUT2D eigenvalue weighted by Crippen LogP contribution is -2.37. The molecule has 3 N–H and O–H groups in total. The molecule has 1 aromatic heterocycles. The molecule has 1 fully saturated rings. The first kappa shape index (κ1) is 19.0. The second kappa shape index (κ2) is 6.32. The summed E-state index contributed by atoms with van der Waals surface area (Å²) in [5.74, 6) is 4.57. The number of benzene rings is 1. The maximum absolute atomic E-state index is 15.1. The maximum Gasteiger partial charge on any atom is 0.269 e. The van der Waals surface area contributed by atoms with Crippen molar-refractivity contribution >= 4 is 11.8 Å². The summed E-state index contributed by atoms with van der Waals surface area (Å²) in [6.45, 7) is 1.48. The zero-order valence-electron chi connectivity index (χ0n) is 15.9. The summed E-state index contributed by atoms with van der Waals surface area (Å²) >= 11 is 0. The number of carbonyl (C=O) groups is 2. The molecule has 1 aromatic carbocycles. The highest BCUT2D eigenvalue weighted by Crippen LogP contribution is 2.36. The first-order valence-corrected chi connectivity index (χ1v) is 8.98. The number of likely N-dealkylation sites (N-methyl/N-ethyl adjacent to an activating group) is 1. The number of primary amides is 1. The summed E-state index contributed by atoms with van der Waals surface area (Å²) in [5, 5.41) is 14.6. The number of likely N-dealkylation sites (tertiary alicyclic amines) is 1. The molecule has 0 saturated carbocycles. The molecule has 1 unspecified atom stereocenters. The molecule has 2 aliphatic heterocycles. The van der Waals surface area contributed by atoms with Gasteiger partial charge in [0.2, 0.25) is 5.60 Å². The molecule has 0 spiro atoms. The number of amides is 2. The topological polar surface area (TPSA) is 111 Å². The zero-order valence-corrected chi connectivity index (χ0v) is 15.9. The number of hydrogen-bond donors (Lipinski definition) is 2. The molecule has 8 nitrogen and oxygen atoms in total. The second-order valence-corrected chi connectivity index (χ2v) is 7.45. The van der Waals surface area contributed by atoms with Crippen molar-refractivity contribution in [1.82, 2.24) is 14.7 Å². The van der Waals surface area contributed by atoms with E-state index in [-0.39, 0.29) is 24.4 Å². The van der Waals surface area contributed by atoms with Crippen molar-refractivity contribution in [3.05, 3.63) is 41.2 Å². The van der Waals surface area contributed by atoms with Gasteiger partial charge in [-0.2, -0.15) is 5.10 Å². The predicted molar refractivity (Wildman–Crippen MR) is 100 cm³/mol. The Bertz CT molecular complexity index is 1100. The van der Waals surface area contributed by atoms with Gasteiger partial charge in [0.25, 0.3) is 11.8 Å². The number of ether oxygens (including phenoxy) is 1. The number of carbonyl (C=O) groups excluding carboxylic acids is 2. The molecule has 150 valence electrons. The van der Waals surface area contributed by atoms with Crippen LogP contribution in [0.15, 0.2) is 24.3 Å². The Kier molecular flexibility index (Phi) is 4.13. The van der Waals surface area contributed by atoms with Gasteiger partial charge in [-0.3, -0.25) is 9.59 Å². The molecule has 29 heavy (non-hydrogen) atoms. The summed E-state index contributed by atoms with van der Waals surface area (Å²) in [6.07, 6.45) is 0.217. The Morgan fingerprint density at radius 3 is 2.83 bits per heavy atom. The SMILES string of the molecule is CN1CC[C@@](O)(C#Cc2ccc3c(c2)-n2nc(C(N)=O)cc2C(C)(F)CO3)C1=O. The molecule has 9 heteroatoms. The number of fused-ring (bicyclic) bond motifs is 3. The summed E-state index contributed by atoms with van der Waals surface area (Å²) in [4.78, 5) is 25.0. The lowest BCUT2D eigenvalue weighted by Gasteiger charge is -2.17. The van der Waals surface area contributed by atoms with Crippen LogP contribution >= 0.6 is 0 Å². The highest BCUT2D eigenvalue weighted by molar-refractivity contribution is 5.91. The zero-order chi connectivity index (χ0) is 21.0. The van der Waals surface area contributed by atoms with Crippen molar-refractivity contribution in [3.63, 3.8) is 0 Å². The molecule has 2 aromatic rings.